The van der Waals surface area contributed by atoms with Crippen molar-refractivity contribution >= 4 is 27.4 Å². The SMILES string of the molecule is C[C@@H](c1nc2ccccc2s1)N1CCN(c2ncccc2C#N)CC1. The standard InChI is InChI=1S/C19H19N5S/c1-14(19-22-16-6-2-3-7-17(16)25-19)23-9-11-24(12-10-23)18-15(13-20)5-4-8-21-18/h2-8,14H,9-12H2,1H3/t14-/m0/s1. The van der Waals surface area contributed by atoms with Gasteiger partial charge in [-0.2, -0.15) is 5.26 Å². The monoisotopic (exact) mass is 349 g/mol. The summed E-state index contributed by atoms with van der Waals surface area (Å²) in [6, 6.07) is 14.5. The first-order chi connectivity index (χ1) is 12.3. The molecule has 0 aliphatic carbocycles. The fourth-order valence-electron chi connectivity index (χ4n) is 3.28. The van der Waals surface area contributed by atoms with Crippen molar-refractivity contribution in [2.75, 3.05) is 31.1 Å². The number of nitriles is 1. The Morgan fingerprint density at radius 2 is 1.92 bits per heavy atom. The number of fused-ring (bicyclic) bond motifs is 1. The van der Waals surface area contributed by atoms with E-state index in [0.29, 0.717) is 11.6 Å². The summed E-state index contributed by atoms with van der Waals surface area (Å²) in [5.74, 6) is 0.803. The zero-order chi connectivity index (χ0) is 17.2. The van der Waals surface area contributed by atoms with Gasteiger partial charge in [0.1, 0.15) is 16.9 Å². The third-order valence-corrected chi connectivity index (χ3v) is 5.94. The molecule has 1 fully saturated rings. The van der Waals surface area contributed by atoms with E-state index in [1.165, 1.54) is 9.71 Å². The average molecular weight is 349 g/mol. The molecule has 3 aromatic rings. The van der Waals surface area contributed by atoms with Gasteiger partial charge in [-0.25, -0.2) is 9.97 Å². The van der Waals surface area contributed by atoms with E-state index in [1.54, 1.807) is 17.5 Å². The largest absolute Gasteiger partial charge is 0.353 e. The molecule has 6 heteroatoms. The zero-order valence-electron chi connectivity index (χ0n) is 14.1. The van der Waals surface area contributed by atoms with Gasteiger partial charge in [0.15, 0.2) is 0 Å². The summed E-state index contributed by atoms with van der Waals surface area (Å²) < 4.78 is 1.25. The summed E-state index contributed by atoms with van der Waals surface area (Å²) in [6.45, 7) is 5.87. The maximum Gasteiger partial charge on any atom is 0.146 e. The van der Waals surface area contributed by atoms with E-state index in [0.717, 1.165) is 37.5 Å². The van der Waals surface area contributed by atoms with Crippen LogP contribution in [-0.4, -0.2) is 41.0 Å². The van der Waals surface area contributed by atoms with E-state index in [-0.39, 0.29) is 0 Å². The highest BCUT2D eigenvalue weighted by atomic mass is 32.1. The van der Waals surface area contributed by atoms with Gasteiger partial charge in [0, 0.05) is 32.4 Å². The molecule has 0 bridgehead atoms. The van der Waals surface area contributed by atoms with Crippen LogP contribution in [-0.2, 0) is 0 Å². The molecule has 0 amide bonds. The smallest absolute Gasteiger partial charge is 0.146 e. The average Bonchev–Trinajstić information content (AvgIpc) is 3.12. The minimum atomic E-state index is 0.304. The first-order valence-electron chi connectivity index (χ1n) is 8.46. The second-order valence-electron chi connectivity index (χ2n) is 6.21. The number of anilines is 1. The molecule has 1 aliphatic heterocycles. The zero-order valence-corrected chi connectivity index (χ0v) is 14.9. The third-order valence-electron chi connectivity index (χ3n) is 4.74. The highest BCUT2D eigenvalue weighted by Crippen LogP contribution is 2.30. The van der Waals surface area contributed by atoms with Crippen LogP contribution in [0.1, 0.15) is 23.5 Å². The van der Waals surface area contributed by atoms with Crippen LogP contribution >= 0.6 is 11.3 Å². The van der Waals surface area contributed by atoms with Crippen LogP contribution in [0.2, 0.25) is 0 Å². The Kier molecular flexibility index (Phi) is 4.35. The normalized spacial score (nSPS) is 16.7. The van der Waals surface area contributed by atoms with Crippen molar-refractivity contribution < 1.29 is 0 Å². The van der Waals surface area contributed by atoms with Gasteiger partial charge in [0.25, 0.3) is 0 Å². The first-order valence-corrected chi connectivity index (χ1v) is 9.27. The second kappa shape index (κ2) is 6.79. The number of hydrogen-bond acceptors (Lipinski definition) is 6. The lowest BCUT2D eigenvalue weighted by atomic mass is 10.2. The second-order valence-corrected chi connectivity index (χ2v) is 7.27. The molecular weight excluding hydrogens is 330 g/mol. The molecule has 1 aliphatic rings. The number of benzene rings is 1. The Morgan fingerprint density at radius 3 is 2.68 bits per heavy atom. The minimum absolute atomic E-state index is 0.304. The number of rotatable bonds is 3. The fourth-order valence-corrected chi connectivity index (χ4v) is 4.34. The quantitative estimate of drug-likeness (QED) is 0.725. The highest BCUT2D eigenvalue weighted by Gasteiger charge is 2.25. The molecular formula is C19H19N5S. The molecule has 5 nitrogen and oxygen atoms in total. The first kappa shape index (κ1) is 16.0. The molecule has 2 aromatic heterocycles. The predicted octanol–water partition coefficient (Wildman–Crippen LogP) is 3.45. The molecule has 0 unspecified atom stereocenters. The maximum atomic E-state index is 9.27. The molecule has 25 heavy (non-hydrogen) atoms. The number of piperazine rings is 1. The summed E-state index contributed by atoms with van der Waals surface area (Å²) in [4.78, 5) is 13.9. The molecule has 0 N–H and O–H groups in total. The van der Waals surface area contributed by atoms with Crippen LogP contribution in [0.5, 0.6) is 0 Å². The molecule has 1 aromatic carbocycles. The molecule has 0 radical (unpaired) electrons. The lowest BCUT2D eigenvalue weighted by Gasteiger charge is -2.38. The Bertz CT molecular complexity index is 888. The van der Waals surface area contributed by atoms with Crippen molar-refractivity contribution in [3.8, 4) is 6.07 Å². The van der Waals surface area contributed by atoms with Gasteiger partial charge in [-0.15, -0.1) is 11.3 Å². The summed E-state index contributed by atoms with van der Waals surface area (Å²) in [6.07, 6.45) is 1.76. The Labute approximate surface area is 151 Å². The summed E-state index contributed by atoms with van der Waals surface area (Å²) >= 11 is 1.78. The van der Waals surface area contributed by atoms with Crippen LogP contribution < -0.4 is 4.90 Å². The third kappa shape index (κ3) is 3.09. The van der Waals surface area contributed by atoms with Gasteiger partial charge >= 0.3 is 0 Å². The van der Waals surface area contributed by atoms with E-state index in [9.17, 15) is 5.26 Å². The van der Waals surface area contributed by atoms with E-state index < -0.39 is 0 Å². The highest BCUT2D eigenvalue weighted by molar-refractivity contribution is 7.18. The number of pyridine rings is 1. The molecule has 0 spiro atoms. The van der Waals surface area contributed by atoms with Crippen molar-refractivity contribution in [3.63, 3.8) is 0 Å². The van der Waals surface area contributed by atoms with Crippen molar-refractivity contribution in [1.29, 1.82) is 5.26 Å². The molecule has 0 saturated carbocycles. The molecule has 1 atom stereocenters. The summed E-state index contributed by atoms with van der Waals surface area (Å²) in [5, 5.41) is 10.4. The number of thiazole rings is 1. The van der Waals surface area contributed by atoms with Gasteiger partial charge in [0.2, 0.25) is 0 Å². The lowest BCUT2D eigenvalue weighted by molar-refractivity contribution is 0.198. The minimum Gasteiger partial charge on any atom is -0.353 e. The van der Waals surface area contributed by atoms with E-state index >= 15 is 0 Å². The van der Waals surface area contributed by atoms with Crippen molar-refractivity contribution in [3.05, 3.63) is 53.2 Å². The van der Waals surface area contributed by atoms with Crippen LogP contribution in [0.3, 0.4) is 0 Å². The molecule has 4 rings (SSSR count). The van der Waals surface area contributed by atoms with Gasteiger partial charge in [0.05, 0.1) is 21.8 Å². The topological polar surface area (TPSA) is 56.1 Å². The molecule has 3 heterocycles. The van der Waals surface area contributed by atoms with Crippen LogP contribution in [0.4, 0.5) is 5.82 Å². The van der Waals surface area contributed by atoms with Gasteiger partial charge in [-0.05, 0) is 31.2 Å². The predicted molar refractivity (Wildman–Crippen MR) is 101 cm³/mol. The van der Waals surface area contributed by atoms with Crippen LogP contribution in [0.25, 0.3) is 10.2 Å². The molecule has 126 valence electrons. The number of para-hydroxylation sites is 1. The van der Waals surface area contributed by atoms with Crippen LogP contribution in [0, 0.1) is 11.3 Å². The van der Waals surface area contributed by atoms with Crippen molar-refractivity contribution in [2.45, 2.75) is 13.0 Å². The lowest BCUT2D eigenvalue weighted by Crippen LogP contribution is -2.47. The Hall–Kier alpha value is -2.49. The number of aromatic nitrogens is 2. The Balaban J connectivity index is 1.47. The fraction of sp³-hybridized carbons (Fsp3) is 0.316. The summed E-state index contributed by atoms with van der Waals surface area (Å²) in [7, 11) is 0. The van der Waals surface area contributed by atoms with Gasteiger partial charge < -0.3 is 4.90 Å². The maximum absolute atomic E-state index is 9.27. The van der Waals surface area contributed by atoms with E-state index in [2.05, 4.69) is 46.0 Å². The van der Waals surface area contributed by atoms with Gasteiger partial charge in [-0.3, -0.25) is 4.90 Å². The van der Waals surface area contributed by atoms with E-state index in [1.807, 2.05) is 18.2 Å². The van der Waals surface area contributed by atoms with E-state index in [4.69, 9.17) is 4.98 Å². The van der Waals surface area contributed by atoms with Gasteiger partial charge in [-0.1, -0.05) is 12.1 Å². The van der Waals surface area contributed by atoms with Crippen molar-refractivity contribution in [1.82, 2.24) is 14.9 Å². The van der Waals surface area contributed by atoms with Crippen molar-refractivity contribution in [2.24, 2.45) is 0 Å². The summed E-state index contributed by atoms with van der Waals surface area (Å²) in [5.41, 5.74) is 1.73. The molecule has 1 saturated heterocycles. The number of hydrogen-bond donors (Lipinski definition) is 0. The Morgan fingerprint density at radius 1 is 1.12 bits per heavy atom. The number of nitrogens with zero attached hydrogens (tertiary/aromatic N) is 5. The van der Waals surface area contributed by atoms with Crippen LogP contribution in [0.15, 0.2) is 42.6 Å².